The Morgan fingerprint density at radius 3 is 2.10 bits per heavy atom. The average Bonchev–Trinajstić information content (AvgIpc) is 2.46. The lowest BCUT2D eigenvalue weighted by Gasteiger charge is -2.42. The zero-order chi connectivity index (χ0) is 15.7. The van der Waals surface area contributed by atoms with Crippen molar-refractivity contribution in [3.8, 4) is 0 Å². The fourth-order valence-corrected chi connectivity index (χ4v) is 4.94. The molecule has 0 aromatic heterocycles. The number of likely N-dealkylation sites (N-methyl/N-ethyl adjacent to an activating group) is 1. The maximum atomic E-state index is 12.6. The van der Waals surface area contributed by atoms with Gasteiger partial charge in [-0.05, 0) is 25.7 Å². The number of rotatable bonds is 3. The summed E-state index contributed by atoms with van der Waals surface area (Å²) in [6.07, 6.45) is 4.19. The SMILES string of the molecule is CN(C(=O)C1CCS(=O)(=O)CC1)C1(C(=O)O)CCCCC1. The normalized spacial score (nSPS) is 25.2. The third-order valence-corrected chi connectivity index (χ3v) is 6.67. The van der Waals surface area contributed by atoms with Crippen LogP contribution in [0.15, 0.2) is 0 Å². The van der Waals surface area contributed by atoms with E-state index in [2.05, 4.69) is 0 Å². The van der Waals surface area contributed by atoms with E-state index in [-0.39, 0.29) is 23.3 Å². The molecule has 0 spiro atoms. The molecule has 2 fully saturated rings. The van der Waals surface area contributed by atoms with Crippen LogP contribution in [0.5, 0.6) is 0 Å². The van der Waals surface area contributed by atoms with Gasteiger partial charge in [0.2, 0.25) is 5.91 Å². The topological polar surface area (TPSA) is 91.8 Å². The summed E-state index contributed by atoms with van der Waals surface area (Å²) in [5, 5.41) is 9.60. The van der Waals surface area contributed by atoms with Crippen molar-refractivity contribution < 1.29 is 23.1 Å². The highest BCUT2D eigenvalue weighted by atomic mass is 32.2. The number of hydrogen-bond donors (Lipinski definition) is 1. The van der Waals surface area contributed by atoms with Crippen LogP contribution in [0, 0.1) is 5.92 Å². The Hall–Kier alpha value is -1.11. The molecule has 0 radical (unpaired) electrons. The molecule has 120 valence electrons. The van der Waals surface area contributed by atoms with Crippen LogP contribution in [0.2, 0.25) is 0 Å². The van der Waals surface area contributed by atoms with Crippen molar-refractivity contribution in [1.82, 2.24) is 4.90 Å². The van der Waals surface area contributed by atoms with E-state index in [1.165, 1.54) is 4.90 Å². The van der Waals surface area contributed by atoms with E-state index in [9.17, 15) is 23.1 Å². The summed E-state index contributed by atoms with van der Waals surface area (Å²) in [6, 6.07) is 0. The lowest BCUT2D eigenvalue weighted by atomic mass is 9.79. The Labute approximate surface area is 125 Å². The summed E-state index contributed by atoms with van der Waals surface area (Å²) in [4.78, 5) is 25.7. The van der Waals surface area contributed by atoms with Gasteiger partial charge in [-0.25, -0.2) is 13.2 Å². The molecule has 0 unspecified atom stereocenters. The van der Waals surface area contributed by atoms with Gasteiger partial charge in [0.05, 0.1) is 11.5 Å². The molecule has 1 saturated heterocycles. The molecule has 1 aliphatic heterocycles. The molecule has 1 saturated carbocycles. The highest BCUT2D eigenvalue weighted by Gasteiger charge is 2.47. The molecule has 0 bridgehead atoms. The van der Waals surface area contributed by atoms with E-state index < -0.39 is 21.3 Å². The number of carboxylic acid groups (broad SMARTS) is 1. The first-order valence-corrected chi connectivity index (χ1v) is 9.32. The maximum absolute atomic E-state index is 12.6. The van der Waals surface area contributed by atoms with Crippen molar-refractivity contribution >= 4 is 21.7 Å². The predicted molar refractivity (Wildman–Crippen MR) is 77.6 cm³/mol. The Morgan fingerprint density at radius 1 is 1.10 bits per heavy atom. The van der Waals surface area contributed by atoms with Crippen molar-refractivity contribution in [2.75, 3.05) is 18.6 Å². The molecule has 1 aliphatic carbocycles. The van der Waals surface area contributed by atoms with E-state index in [0.29, 0.717) is 25.7 Å². The first-order valence-electron chi connectivity index (χ1n) is 7.50. The van der Waals surface area contributed by atoms with Crippen LogP contribution in [-0.2, 0) is 19.4 Å². The van der Waals surface area contributed by atoms with Crippen molar-refractivity contribution in [2.24, 2.45) is 5.92 Å². The number of hydrogen-bond acceptors (Lipinski definition) is 4. The van der Waals surface area contributed by atoms with Gasteiger partial charge in [-0.1, -0.05) is 19.3 Å². The monoisotopic (exact) mass is 317 g/mol. The molecule has 1 heterocycles. The molecule has 6 nitrogen and oxygen atoms in total. The second-order valence-electron chi connectivity index (χ2n) is 6.22. The lowest BCUT2D eigenvalue weighted by molar-refractivity contribution is -0.162. The van der Waals surface area contributed by atoms with Gasteiger partial charge in [-0.2, -0.15) is 0 Å². The van der Waals surface area contributed by atoms with Gasteiger partial charge in [-0.3, -0.25) is 4.79 Å². The summed E-state index contributed by atoms with van der Waals surface area (Å²) in [5.74, 6) is -1.47. The minimum absolute atomic E-state index is 0.0251. The number of amides is 1. The second kappa shape index (κ2) is 5.94. The van der Waals surface area contributed by atoms with E-state index in [1.807, 2.05) is 0 Å². The zero-order valence-corrected chi connectivity index (χ0v) is 13.2. The largest absolute Gasteiger partial charge is 0.479 e. The third-order valence-electron chi connectivity index (χ3n) is 4.96. The number of nitrogens with zero attached hydrogens (tertiary/aromatic N) is 1. The first-order chi connectivity index (χ1) is 9.78. The molecule has 0 atom stereocenters. The summed E-state index contributed by atoms with van der Waals surface area (Å²) in [7, 11) is -1.46. The van der Waals surface area contributed by atoms with Crippen LogP contribution >= 0.6 is 0 Å². The van der Waals surface area contributed by atoms with Crippen LogP contribution in [0.3, 0.4) is 0 Å². The fraction of sp³-hybridized carbons (Fsp3) is 0.857. The Kier molecular flexibility index (Phi) is 4.60. The van der Waals surface area contributed by atoms with E-state index in [1.54, 1.807) is 7.05 Å². The average molecular weight is 317 g/mol. The number of carbonyl (C=O) groups excluding carboxylic acids is 1. The van der Waals surface area contributed by atoms with Gasteiger partial charge in [0.1, 0.15) is 15.4 Å². The summed E-state index contributed by atoms with van der Waals surface area (Å²) >= 11 is 0. The molecule has 7 heteroatoms. The molecular formula is C14H23NO5S. The van der Waals surface area contributed by atoms with E-state index >= 15 is 0 Å². The molecular weight excluding hydrogens is 294 g/mol. The summed E-state index contributed by atoms with van der Waals surface area (Å²) < 4.78 is 22.9. The fourth-order valence-electron chi connectivity index (χ4n) is 3.45. The van der Waals surface area contributed by atoms with Gasteiger partial charge in [0, 0.05) is 13.0 Å². The first kappa shape index (κ1) is 16.3. The van der Waals surface area contributed by atoms with Crippen LogP contribution in [0.1, 0.15) is 44.9 Å². The van der Waals surface area contributed by atoms with Crippen molar-refractivity contribution in [2.45, 2.75) is 50.5 Å². The van der Waals surface area contributed by atoms with Crippen LogP contribution in [0.25, 0.3) is 0 Å². The smallest absolute Gasteiger partial charge is 0.329 e. The quantitative estimate of drug-likeness (QED) is 0.840. The van der Waals surface area contributed by atoms with Crippen LogP contribution < -0.4 is 0 Å². The zero-order valence-electron chi connectivity index (χ0n) is 12.4. The molecule has 2 rings (SSSR count). The molecule has 21 heavy (non-hydrogen) atoms. The highest BCUT2D eigenvalue weighted by Crippen LogP contribution is 2.35. The number of carboxylic acids is 1. The Bertz CT molecular complexity index is 507. The molecule has 1 amide bonds. The van der Waals surface area contributed by atoms with Crippen LogP contribution in [0.4, 0.5) is 0 Å². The molecule has 0 aromatic rings. The van der Waals surface area contributed by atoms with E-state index in [0.717, 1.165) is 19.3 Å². The third kappa shape index (κ3) is 3.22. The van der Waals surface area contributed by atoms with Crippen LogP contribution in [-0.4, -0.2) is 54.4 Å². The maximum Gasteiger partial charge on any atom is 0.329 e. The number of sulfone groups is 1. The minimum Gasteiger partial charge on any atom is -0.479 e. The number of aliphatic carboxylic acids is 1. The molecule has 2 aliphatic rings. The number of carbonyl (C=O) groups is 2. The second-order valence-corrected chi connectivity index (χ2v) is 8.52. The van der Waals surface area contributed by atoms with Crippen molar-refractivity contribution in [3.63, 3.8) is 0 Å². The van der Waals surface area contributed by atoms with Crippen molar-refractivity contribution in [3.05, 3.63) is 0 Å². The van der Waals surface area contributed by atoms with Gasteiger partial charge in [-0.15, -0.1) is 0 Å². The summed E-state index contributed by atoms with van der Waals surface area (Å²) in [6.45, 7) is 0. The van der Waals surface area contributed by atoms with Crippen molar-refractivity contribution in [1.29, 1.82) is 0 Å². The Balaban J connectivity index is 2.12. The van der Waals surface area contributed by atoms with Gasteiger partial charge < -0.3 is 10.0 Å². The Morgan fingerprint density at radius 2 is 1.62 bits per heavy atom. The lowest BCUT2D eigenvalue weighted by Crippen LogP contribution is -2.58. The molecule has 0 aromatic carbocycles. The van der Waals surface area contributed by atoms with Gasteiger partial charge >= 0.3 is 5.97 Å². The van der Waals surface area contributed by atoms with Gasteiger partial charge in [0.25, 0.3) is 0 Å². The van der Waals surface area contributed by atoms with E-state index in [4.69, 9.17) is 0 Å². The molecule has 1 N–H and O–H groups in total. The van der Waals surface area contributed by atoms with Gasteiger partial charge in [0.15, 0.2) is 0 Å². The standard InChI is InChI=1S/C14H23NO5S/c1-15(14(13(17)18)7-3-2-4-8-14)12(16)11-5-9-21(19,20)10-6-11/h11H,2-10H2,1H3,(H,17,18). The minimum atomic E-state index is -3.02. The highest BCUT2D eigenvalue weighted by molar-refractivity contribution is 7.91. The summed E-state index contributed by atoms with van der Waals surface area (Å²) in [5.41, 5.74) is -1.11. The predicted octanol–water partition coefficient (Wildman–Crippen LogP) is 1.06.